The Morgan fingerprint density at radius 1 is 0.545 bits per heavy atom. The lowest BCUT2D eigenvalue weighted by molar-refractivity contribution is -0.157. The van der Waals surface area contributed by atoms with Crippen LogP contribution < -0.4 is 26.0 Å². The number of aliphatic carboxylic acids is 1. The predicted molar refractivity (Wildman–Crippen MR) is 383 cm³/mol. The zero-order chi connectivity index (χ0) is 77.7. The molecular weight excluding hydrogens is 1330 g/mol. The number of likely N-dealkylation sites (N-methyl/N-ethyl adjacent to an activating group) is 7. The molecule has 1 aliphatic heterocycles. The van der Waals surface area contributed by atoms with Crippen LogP contribution >= 0.6 is 7.60 Å². The number of amides is 11. The molecule has 1 aromatic rings. The number of carbonyl (C=O) groups excluding carboxylic acids is 11. The van der Waals surface area contributed by atoms with Crippen molar-refractivity contribution in [2.75, 3.05) is 62.2 Å². The standard InChI is InChI=1S/C71H120N11O18P/c1-25-51-66(90)76(18)37-56(83)77(19)52(33-39(2)3)63(87)75-57(43(10)11)69(93)78(20)53(34-40(4)5)62(86)72-46(15)61(85)73-47(16)65(89)79(21)54(35-41(6)7)67(91)80(22)55(36-42(8)9)68(92)81(23)58(44(12)13)70(94)82(24)59(64(88)74-51)60(84)45(14)27-26-28-49-29-31-50(32-30-49)99-38-101(97,98)100-48(17)71(95)96/h26,28-32,39-48,51-55,57-60,84H,25,27,33-38H2,1-24H3,(H,72,86)(H,73,85)(H,74,88)(H,75,87)(H,95,96)(H,97,98)/t45-,46+,47-,48+,51+,52+,53+,54+,55+,57+,58+,59+,60-/m1/s1. The van der Waals surface area contributed by atoms with Gasteiger partial charge < -0.3 is 75.4 Å². The van der Waals surface area contributed by atoms with E-state index in [1.54, 1.807) is 65.8 Å². The lowest BCUT2D eigenvalue weighted by Gasteiger charge is -2.41. The minimum Gasteiger partial charge on any atom is -0.481 e. The second-order valence-corrected chi connectivity index (χ2v) is 31.2. The molecule has 7 N–H and O–H groups in total. The van der Waals surface area contributed by atoms with Gasteiger partial charge in [0, 0.05) is 49.3 Å². The Balaban J connectivity index is 2.96. The van der Waals surface area contributed by atoms with Crippen LogP contribution in [0, 0.1) is 41.4 Å². The van der Waals surface area contributed by atoms with Crippen LogP contribution in [0.25, 0.3) is 6.08 Å². The Hall–Kier alpha value is -7.49. The molecule has 11 amide bonds. The van der Waals surface area contributed by atoms with Crippen molar-refractivity contribution in [3.8, 4) is 5.75 Å². The average Bonchev–Trinajstić information content (AvgIpc) is 0.806. The van der Waals surface area contributed by atoms with E-state index in [9.17, 15) is 52.9 Å². The van der Waals surface area contributed by atoms with Gasteiger partial charge in [0.2, 0.25) is 65.0 Å². The molecule has 29 nitrogen and oxygen atoms in total. The van der Waals surface area contributed by atoms with E-state index in [4.69, 9.17) is 14.4 Å². The molecule has 572 valence electrons. The smallest absolute Gasteiger partial charge is 0.366 e. The van der Waals surface area contributed by atoms with Crippen molar-refractivity contribution in [2.24, 2.45) is 41.4 Å². The lowest BCUT2D eigenvalue weighted by Crippen LogP contribution is -2.63. The molecule has 1 fully saturated rings. The topological polar surface area (TPSA) is 372 Å². The fourth-order valence-corrected chi connectivity index (χ4v) is 12.9. The molecule has 14 atom stereocenters. The summed E-state index contributed by atoms with van der Waals surface area (Å²) in [6, 6.07) is -6.80. The lowest BCUT2D eigenvalue weighted by atomic mass is 9.91. The van der Waals surface area contributed by atoms with Crippen LogP contribution in [0.4, 0.5) is 0 Å². The van der Waals surface area contributed by atoms with Crippen LogP contribution in [0.5, 0.6) is 5.75 Å². The number of rotatable bonds is 22. The first kappa shape index (κ1) is 89.6. The first-order valence-electron chi connectivity index (χ1n) is 35.0. The Bertz CT molecular complexity index is 3090. The number of allylic oxidation sites excluding steroid dienone is 1. The van der Waals surface area contributed by atoms with Gasteiger partial charge in [-0.1, -0.05) is 121 Å². The van der Waals surface area contributed by atoms with E-state index in [0.29, 0.717) is 5.56 Å². The summed E-state index contributed by atoms with van der Waals surface area (Å²) in [5.74, 6) is -12.1. The van der Waals surface area contributed by atoms with Gasteiger partial charge in [-0.15, -0.1) is 0 Å². The van der Waals surface area contributed by atoms with E-state index in [-0.39, 0.29) is 67.9 Å². The van der Waals surface area contributed by atoms with Crippen LogP contribution in [0.1, 0.15) is 162 Å². The predicted octanol–water partition coefficient (Wildman–Crippen LogP) is 4.42. The van der Waals surface area contributed by atoms with Gasteiger partial charge in [0.05, 0.1) is 12.6 Å². The number of hydrogen-bond acceptors (Lipinski definition) is 16. The number of carbonyl (C=O) groups is 12. The zero-order valence-electron chi connectivity index (χ0n) is 64.1. The molecule has 1 aromatic carbocycles. The Labute approximate surface area is 598 Å². The minimum absolute atomic E-state index is 0.0555. The normalized spacial score (nSPS) is 25.4. The van der Waals surface area contributed by atoms with Gasteiger partial charge in [-0.3, -0.25) is 61.8 Å². The van der Waals surface area contributed by atoms with Crippen molar-refractivity contribution in [1.82, 2.24) is 55.6 Å². The molecule has 1 saturated heterocycles. The van der Waals surface area contributed by atoms with Crippen molar-refractivity contribution in [2.45, 2.75) is 229 Å². The van der Waals surface area contributed by atoms with Gasteiger partial charge in [0.1, 0.15) is 66.2 Å². The summed E-state index contributed by atoms with van der Waals surface area (Å²) in [6.45, 7) is 28.1. The average molecular weight is 1450 g/mol. The molecule has 0 aromatic heterocycles. The quantitative estimate of drug-likeness (QED) is 0.0790. The van der Waals surface area contributed by atoms with E-state index < -0.39 is 182 Å². The van der Waals surface area contributed by atoms with Crippen molar-refractivity contribution in [1.29, 1.82) is 0 Å². The highest BCUT2D eigenvalue weighted by Crippen LogP contribution is 2.43. The van der Waals surface area contributed by atoms with E-state index in [2.05, 4.69) is 21.3 Å². The molecule has 0 radical (unpaired) electrons. The number of hydrogen-bond donors (Lipinski definition) is 7. The number of benzene rings is 1. The molecule has 0 bridgehead atoms. The second kappa shape index (κ2) is 40.4. The number of carboxylic acid groups (broad SMARTS) is 1. The number of nitrogens with one attached hydrogen (secondary N) is 4. The van der Waals surface area contributed by atoms with E-state index in [0.717, 1.165) is 16.7 Å². The second-order valence-electron chi connectivity index (χ2n) is 29.5. The molecule has 101 heavy (non-hydrogen) atoms. The van der Waals surface area contributed by atoms with E-state index in [1.807, 2.05) is 55.4 Å². The van der Waals surface area contributed by atoms with Gasteiger partial charge in [-0.05, 0) is 118 Å². The molecule has 1 heterocycles. The number of carboxylic acids is 1. The number of aliphatic hydroxyl groups is 1. The molecular formula is C71H120N11O18P. The first-order chi connectivity index (χ1) is 46.6. The van der Waals surface area contributed by atoms with E-state index in [1.165, 1.54) is 99.8 Å². The molecule has 0 saturated carbocycles. The summed E-state index contributed by atoms with van der Waals surface area (Å²) in [6.07, 6.45) is -0.221. The van der Waals surface area contributed by atoms with Crippen molar-refractivity contribution >= 4 is 84.6 Å². The molecule has 2 rings (SSSR count). The van der Waals surface area contributed by atoms with Crippen LogP contribution in [0.15, 0.2) is 30.3 Å². The summed E-state index contributed by atoms with van der Waals surface area (Å²) in [7, 11) is 5.22. The van der Waals surface area contributed by atoms with Crippen LogP contribution in [-0.4, -0.2) is 255 Å². The number of ether oxygens (including phenoxy) is 1. The van der Waals surface area contributed by atoms with Crippen LogP contribution in [0.2, 0.25) is 0 Å². The molecule has 1 aliphatic rings. The SMILES string of the molecule is CC[C@@H]1NC(=O)[C@H]([C@H](O)[C@H](C)CC=Cc2ccc(OCP(=O)(O)O[C@@H](C)C(=O)O)cc2)N(C)C(=O)[C@H](C(C)C)N(C)C(=O)[C@H](CC(C)C)N(C)C(=O)[C@H](CC(C)C)N(C)C(=O)[C@@H](C)NC(=O)[C@H](C)NC(=O)[C@H](CC(C)C)N(C)C(=O)[C@H](C(C)C)NC(=O)[C@H](CC(C)C)N(C)C(=O)CN(C)C1=O. The number of aliphatic hydroxyl groups excluding tert-OH is 1. The fraction of sp³-hybridized carbons (Fsp3) is 0.718. The van der Waals surface area contributed by atoms with Crippen molar-refractivity contribution in [3.05, 3.63) is 35.9 Å². The maximum Gasteiger partial charge on any atom is 0.366 e. The Morgan fingerprint density at radius 3 is 1.47 bits per heavy atom. The van der Waals surface area contributed by atoms with Crippen LogP contribution in [-0.2, 0) is 66.6 Å². The Morgan fingerprint density at radius 2 is 0.990 bits per heavy atom. The molecule has 30 heteroatoms. The summed E-state index contributed by atoms with van der Waals surface area (Å²) in [5.41, 5.74) is 0.607. The highest BCUT2D eigenvalue weighted by atomic mass is 31.2. The first-order valence-corrected chi connectivity index (χ1v) is 36.8. The van der Waals surface area contributed by atoms with Gasteiger partial charge >= 0.3 is 13.6 Å². The highest BCUT2D eigenvalue weighted by Gasteiger charge is 2.46. The maximum atomic E-state index is 15.4. The van der Waals surface area contributed by atoms with Gasteiger partial charge in [0.15, 0.2) is 12.5 Å². The maximum absolute atomic E-state index is 15.4. The third-order valence-electron chi connectivity index (χ3n) is 18.1. The number of nitrogens with zero attached hydrogens (tertiary/aromatic N) is 7. The molecule has 0 spiro atoms. The fourth-order valence-electron chi connectivity index (χ4n) is 11.9. The van der Waals surface area contributed by atoms with Crippen molar-refractivity contribution < 1.29 is 86.5 Å². The minimum atomic E-state index is -4.46. The third kappa shape index (κ3) is 26.4. The summed E-state index contributed by atoms with van der Waals surface area (Å²) >= 11 is 0. The zero-order valence-corrected chi connectivity index (χ0v) is 65.0. The van der Waals surface area contributed by atoms with Crippen molar-refractivity contribution in [3.63, 3.8) is 0 Å². The largest absolute Gasteiger partial charge is 0.481 e. The van der Waals surface area contributed by atoms with Gasteiger partial charge in [-0.2, -0.15) is 0 Å². The third-order valence-corrected chi connectivity index (χ3v) is 19.2. The van der Waals surface area contributed by atoms with E-state index >= 15 is 19.2 Å². The summed E-state index contributed by atoms with van der Waals surface area (Å²) in [4.78, 5) is 192. The van der Waals surface area contributed by atoms with Gasteiger partial charge in [0.25, 0.3) is 0 Å². The highest BCUT2D eigenvalue weighted by molar-refractivity contribution is 7.52. The molecule has 0 aliphatic carbocycles. The van der Waals surface area contributed by atoms with Crippen LogP contribution in [0.3, 0.4) is 0 Å². The molecule has 1 unspecified atom stereocenters. The monoisotopic (exact) mass is 1450 g/mol. The summed E-state index contributed by atoms with van der Waals surface area (Å²) < 4.78 is 22.6. The summed E-state index contributed by atoms with van der Waals surface area (Å²) in [5, 5.41) is 32.5. The Kier molecular flexibility index (Phi) is 35.8. The van der Waals surface area contributed by atoms with Gasteiger partial charge in [-0.25, -0.2) is 4.79 Å².